The molecule has 0 aromatic carbocycles. The Hall–Kier alpha value is -0.600. The van der Waals surface area contributed by atoms with Crippen LogP contribution in [-0.4, -0.2) is 21.9 Å². The Kier molecular flexibility index (Phi) is 7.37. The lowest BCUT2D eigenvalue weighted by molar-refractivity contribution is 0.0596. The lowest BCUT2D eigenvalue weighted by atomic mass is 9.60. The topological polar surface area (TPSA) is 40.5 Å². The van der Waals surface area contributed by atoms with Crippen LogP contribution in [0.15, 0.2) is 23.3 Å². The van der Waals surface area contributed by atoms with Gasteiger partial charge in [0.1, 0.15) is 0 Å². The zero-order valence-electron chi connectivity index (χ0n) is 19.7. The van der Waals surface area contributed by atoms with Gasteiger partial charge in [0.25, 0.3) is 0 Å². The van der Waals surface area contributed by atoms with Crippen molar-refractivity contribution in [3.63, 3.8) is 0 Å². The normalized spacial score (nSPS) is 39.7. The van der Waals surface area contributed by atoms with Crippen LogP contribution in [0.4, 0.5) is 0 Å². The molecule has 0 spiro atoms. The highest BCUT2D eigenvalue weighted by atomic mass is 16.3. The van der Waals surface area contributed by atoms with Gasteiger partial charge in [0.2, 0.25) is 0 Å². The molecule has 3 saturated carbocycles. The molecule has 0 aromatic heterocycles. The van der Waals surface area contributed by atoms with Crippen LogP contribution in [0.25, 0.3) is 0 Å². The fraction of sp³-hybridized carbons (Fsp3) is 0.852. The SMILES string of the molecule is C[C@@H](CCCC(C)(C)O)C1CCC2/C(=C/C=C3/CC[C@H](C)[C@H](O)C3)CCC[C@@]21C. The zero-order valence-corrected chi connectivity index (χ0v) is 19.7. The number of fused-ring (bicyclic) bond motifs is 1. The molecule has 0 bridgehead atoms. The maximum absolute atomic E-state index is 10.2. The molecule has 3 fully saturated rings. The molecule has 0 aliphatic heterocycles. The second-order valence-electron chi connectivity index (χ2n) is 11.6. The monoisotopic (exact) mass is 402 g/mol. The molecule has 166 valence electrons. The predicted molar refractivity (Wildman–Crippen MR) is 123 cm³/mol. The third-order valence-corrected chi connectivity index (χ3v) is 8.75. The molecular weight excluding hydrogens is 356 g/mol. The molecule has 0 saturated heterocycles. The minimum absolute atomic E-state index is 0.148. The highest BCUT2D eigenvalue weighted by Gasteiger charge is 2.50. The van der Waals surface area contributed by atoms with E-state index in [-0.39, 0.29) is 6.10 Å². The summed E-state index contributed by atoms with van der Waals surface area (Å²) in [6.07, 6.45) is 17.8. The smallest absolute Gasteiger partial charge is 0.0603 e. The Labute approximate surface area is 179 Å². The van der Waals surface area contributed by atoms with E-state index in [4.69, 9.17) is 0 Å². The standard InChI is InChI=1S/C27H46O2/c1-19(8-6-16-26(3,4)29)23-14-15-24-22(9-7-17-27(23,24)5)13-12-21-11-10-20(2)25(28)18-21/h12-13,19-20,23-25,28-29H,6-11,14-18H2,1-5H3/b21-12-,22-13+/t19-,20-,23?,24?,25+,27+/m0/s1. The van der Waals surface area contributed by atoms with Crippen molar-refractivity contribution in [2.75, 3.05) is 0 Å². The first kappa shape index (κ1) is 23.1. The zero-order chi connectivity index (χ0) is 21.2. The molecule has 0 amide bonds. The molecule has 2 N–H and O–H groups in total. The van der Waals surface area contributed by atoms with Crippen molar-refractivity contribution < 1.29 is 10.2 Å². The largest absolute Gasteiger partial charge is 0.393 e. The summed E-state index contributed by atoms with van der Waals surface area (Å²) >= 11 is 0. The van der Waals surface area contributed by atoms with Gasteiger partial charge in [0, 0.05) is 0 Å². The van der Waals surface area contributed by atoms with Crippen molar-refractivity contribution in [2.24, 2.45) is 29.1 Å². The van der Waals surface area contributed by atoms with Crippen molar-refractivity contribution in [3.8, 4) is 0 Å². The van der Waals surface area contributed by atoms with Gasteiger partial charge in [-0.05, 0) is 101 Å². The second kappa shape index (κ2) is 9.27. The van der Waals surface area contributed by atoms with Crippen LogP contribution < -0.4 is 0 Å². The van der Waals surface area contributed by atoms with Gasteiger partial charge in [-0.1, -0.05) is 56.9 Å². The van der Waals surface area contributed by atoms with Gasteiger partial charge in [0.05, 0.1) is 11.7 Å². The lowest BCUT2D eigenvalue weighted by Gasteiger charge is -2.44. The van der Waals surface area contributed by atoms with E-state index in [0.29, 0.717) is 11.3 Å². The number of hydrogen-bond acceptors (Lipinski definition) is 2. The van der Waals surface area contributed by atoms with Gasteiger partial charge in [-0.2, -0.15) is 0 Å². The lowest BCUT2D eigenvalue weighted by Crippen LogP contribution is -2.36. The molecule has 2 heteroatoms. The minimum atomic E-state index is -0.527. The third kappa shape index (κ3) is 5.56. The van der Waals surface area contributed by atoms with Crippen LogP contribution in [-0.2, 0) is 0 Å². The molecule has 6 atom stereocenters. The maximum atomic E-state index is 10.2. The maximum Gasteiger partial charge on any atom is 0.0603 e. The van der Waals surface area contributed by atoms with E-state index in [1.54, 1.807) is 5.57 Å². The van der Waals surface area contributed by atoms with Gasteiger partial charge >= 0.3 is 0 Å². The molecule has 3 aliphatic carbocycles. The van der Waals surface area contributed by atoms with E-state index in [1.165, 1.54) is 44.1 Å². The third-order valence-electron chi connectivity index (χ3n) is 8.75. The summed E-state index contributed by atoms with van der Waals surface area (Å²) in [5, 5.41) is 20.3. The van der Waals surface area contributed by atoms with Gasteiger partial charge in [-0.25, -0.2) is 0 Å². The second-order valence-corrected chi connectivity index (χ2v) is 11.6. The predicted octanol–water partition coefficient (Wildman–Crippen LogP) is 6.81. The molecule has 0 radical (unpaired) electrons. The molecule has 0 heterocycles. The number of aliphatic hydroxyl groups excluding tert-OH is 1. The number of allylic oxidation sites excluding steroid dienone is 3. The number of rotatable bonds is 6. The summed E-state index contributed by atoms with van der Waals surface area (Å²) in [4.78, 5) is 0. The Balaban J connectivity index is 1.65. The summed E-state index contributed by atoms with van der Waals surface area (Å²) in [5.74, 6) is 2.77. The molecule has 3 rings (SSSR count). The van der Waals surface area contributed by atoms with Crippen molar-refractivity contribution in [3.05, 3.63) is 23.3 Å². The van der Waals surface area contributed by atoms with Crippen LogP contribution in [0.3, 0.4) is 0 Å². The van der Waals surface area contributed by atoms with Crippen LogP contribution in [0.5, 0.6) is 0 Å². The quantitative estimate of drug-likeness (QED) is 0.512. The van der Waals surface area contributed by atoms with Crippen LogP contribution in [0.2, 0.25) is 0 Å². The fourth-order valence-electron chi connectivity index (χ4n) is 6.83. The average molecular weight is 403 g/mol. The van der Waals surface area contributed by atoms with E-state index in [1.807, 2.05) is 13.8 Å². The van der Waals surface area contributed by atoms with Gasteiger partial charge in [-0.15, -0.1) is 0 Å². The Morgan fingerprint density at radius 2 is 1.93 bits per heavy atom. The van der Waals surface area contributed by atoms with E-state index in [2.05, 4.69) is 32.9 Å². The summed E-state index contributed by atoms with van der Waals surface area (Å²) < 4.78 is 0. The first-order valence-electron chi connectivity index (χ1n) is 12.4. The van der Waals surface area contributed by atoms with Crippen molar-refractivity contribution in [1.29, 1.82) is 0 Å². The Morgan fingerprint density at radius 1 is 1.17 bits per heavy atom. The van der Waals surface area contributed by atoms with Gasteiger partial charge in [0.15, 0.2) is 0 Å². The van der Waals surface area contributed by atoms with Gasteiger partial charge in [-0.3, -0.25) is 0 Å². The highest BCUT2D eigenvalue weighted by molar-refractivity contribution is 5.26. The van der Waals surface area contributed by atoms with Crippen molar-refractivity contribution in [1.82, 2.24) is 0 Å². The first-order valence-corrected chi connectivity index (χ1v) is 12.4. The Bertz CT molecular complexity index is 611. The van der Waals surface area contributed by atoms with Crippen molar-refractivity contribution in [2.45, 2.75) is 117 Å². The molecular formula is C27H46O2. The van der Waals surface area contributed by atoms with E-state index in [9.17, 15) is 10.2 Å². The van der Waals surface area contributed by atoms with Gasteiger partial charge < -0.3 is 10.2 Å². The molecule has 2 nitrogen and oxygen atoms in total. The summed E-state index contributed by atoms with van der Waals surface area (Å²) in [6, 6.07) is 0. The summed E-state index contributed by atoms with van der Waals surface area (Å²) in [5.41, 5.74) is 3.06. The average Bonchev–Trinajstić information content (AvgIpc) is 2.99. The van der Waals surface area contributed by atoms with Crippen molar-refractivity contribution >= 4 is 0 Å². The van der Waals surface area contributed by atoms with Crippen LogP contribution in [0.1, 0.15) is 105 Å². The number of hydrogen-bond donors (Lipinski definition) is 2. The first-order chi connectivity index (χ1) is 13.6. The van der Waals surface area contributed by atoms with Crippen LogP contribution >= 0.6 is 0 Å². The summed E-state index contributed by atoms with van der Waals surface area (Å²) in [6.45, 7) is 11.1. The molecule has 29 heavy (non-hydrogen) atoms. The fourth-order valence-corrected chi connectivity index (χ4v) is 6.83. The molecule has 0 aromatic rings. The number of aliphatic hydroxyl groups is 2. The van der Waals surface area contributed by atoms with E-state index in [0.717, 1.165) is 49.9 Å². The summed E-state index contributed by atoms with van der Waals surface area (Å²) in [7, 11) is 0. The van der Waals surface area contributed by atoms with E-state index >= 15 is 0 Å². The van der Waals surface area contributed by atoms with Crippen LogP contribution in [0, 0.1) is 29.1 Å². The minimum Gasteiger partial charge on any atom is -0.393 e. The van der Waals surface area contributed by atoms with E-state index < -0.39 is 5.60 Å². The molecule has 2 unspecified atom stereocenters. The Morgan fingerprint density at radius 3 is 2.62 bits per heavy atom. The highest BCUT2D eigenvalue weighted by Crippen LogP contribution is 2.59. The molecule has 3 aliphatic rings.